The highest BCUT2D eigenvalue weighted by atomic mass is 19.2. The number of aromatic nitrogens is 1. The minimum atomic E-state index is -1.30. The summed E-state index contributed by atoms with van der Waals surface area (Å²) in [6.45, 7) is 5.52. The lowest BCUT2D eigenvalue weighted by Gasteiger charge is -2.40. The summed E-state index contributed by atoms with van der Waals surface area (Å²) in [4.78, 5) is 30.0. The van der Waals surface area contributed by atoms with E-state index >= 15 is 0 Å². The van der Waals surface area contributed by atoms with Crippen LogP contribution in [0, 0.1) is 17.5 Å². The molecule has 1 aromatic carbocycles. The smallest absolute Gasteiger partial charge is 0.407 e. The number of anilines is 2. The number of carbonyl (C=O) groups is 2. The topological polar surface area (TPSA) is 124 Å². The van der Waals surface area contributed by atoms with Crippen molar-refractivity contribution in [2.45, 2.75) is 44.8 Å². The fraction of sp³-hybridized carbons (Fsp3) is 0.409. The van der Waals surface area contributed by atoms with E-state index < -0.39 is 47.0 Å². The minimum Gasteiger partial charge on any atom is -0.444 e. The van der Waals surface area contributed by atoms with Crippen LogP contribution in [0.1, 0.15) is 49.2 Å². The van der Waals surface area contributed by atoms with E-state index in [4.69, 9.17) is 16.2 Å². The lowest BCUT2D eigenvalue weighted by atomic mass is 9.84. The van der Waals surface area contributed by atoms with E-state index in [1.54, 1.807) is 31.7 Å². The van der Waals surface area contributed by atoms with Crippen LogP contribution in [0.3, 0.4) is 0 Å². The standard InChI is InChI=1S/C22H26F3N5O3/c1-22(2,3)33-21(32)28-17-10-30(18-5-4-16(26)19(29-18)20(27)31)7-6-11(17)12-8-14(24)15(25)9-13(12)23/h4-5,8-9,11,17H,6-7,10,26H2,1-3H3,(H2,27,31)(H,28,32)/t11-,17+/m1/s1. The van der Waals surface area contributed by atoms with Crippen LogP contribution in [0.2, 0.25) is 0 Å². The Kier molecular flexibility index (Phi) is 6.71. The first-order chi connectivity index (χ1) is 15.4. The second-order valence-electron chi connectivity index (χ2n) is 8.85. The highest BCUT2D eigenvalue weighted by Crippen LogP contribution is 2.33. The van der Waals surface area contributed by atoms with E-state index in [1.807, 2.05) is 0 Å². The van der Waals surface area contributed by atoms with Crippen LogP contribution in [-0.4, -0.2) is 41.7 Å². The van der Waals surface area contributed by atoms with Gasteiger partial charge < -0.3 is 26.4 Å². The number of rotatable bonds is 4. The maximum absolute atomic E-state index is 14.6. The molecule has 1 saturated heterocycles. The number of ether oxygens (including phenoxy) is 1. The average Bonchev–Trinajstić information content (AvgIpc) is 2.69. The Labute approximate surface area is 189 Å². The first-order valence-corrected chi connectivity index (χ1v) is 10.3. The fourth-order valence-corrected chi connectivity index (χ4v) is 3.79. The zero-order valence-electron chi connectivity index (χ0n) is 18.5. The van der Waals surface area contributed by atoms with Gasteiger partial charge in [-0.2, -0.15) is 0 Å². The Morgan fingerprint density at radius 1 is 1.15 bits per heavy atom. The Morgan fingerprint density at radius 3 is 2.45 bits per heavy atom. The number of nitrogens with zero attached hydrogens (tertiary/aromatic N) is 2. The highest BCUT2D eigenvalue weighted by molar-refractivity contribution is 5.96. The van der Waals surface area contributed by atoms with Crippen molar-refractivity contribution in [2.24, 2.45) is 5.73 Å². The van der Waals surface area contributed by atoms with Gasteiger partial charge in [0.1, 0.15) is 17.2 Å². The number of nitrogens with one attached hydrogen (secondary N) is 1. The average molecular weight is 465 g/mol. The molecule has 33 heavy (non-hydrogen) atoms. The molecule has 3 rings (SSSR count). The fourth-order valence-electron chi connectivity index (χ4n) is 3.79. The summed E-state index contributed by atoms with van der Waals surface area (Å²) in [6.07, 6.45) is -0.481. The second kappa shape index (κ2) is 9.16. The zero-order chi connectivity index (χ0) is 24.5. The number of primary amides is 1. The summed E-state index contributed by atoms with van der Waals surface area (Å²) in [6, 6.07) is 3.62. The van der Waals surface area contributed by atoms with E-state index in [-0.39, 0.29) is 29.9 Å². The molecule has 0 unspecified atom stereocenters. The molecule has 0 bridgehead atoms. The zero-order valence-corrected chi connectivity index (χ0v) is 18.5. The molecule has 0 aliphatic carbocycles. The van der Waals surface area contributed by atoms with Gasteiger partial charge >= 0.3 is 6.09 Å². The molecule has 5 N–H and O–H groups in total. The number of pyridine rings is 1. The van der Waals surface area contributed by atoms with E-state index in [9.17, 15) is 22.8 Å². The molecule has 1 aliphatic heterocycles. The number of hydrogen-bond donors (Lipinski definition) is 3. The number of benzene rings is 1. The van der Waals surface area contributed by atoms with E-state index in [0.29, 0.717) is 18.4 Å². The van der Waals surface area contributed by atoms with Gasteiger partial charge in [-0.3, -0.25) is 4.79 Å². The Morgan fingerprint density at radius 2 is 1.82 bits per heavy atom. The predicted octanol–water partition coefficient (Wildman–Crippen LogP) is 3.07. The first kappa shape index (κ1) is 24.1. The van der Waals surface area contributed by atoms with Crippen LogP contribution in [0.5, 0.6) is 0 Å². The van der Waals surface area contributed by atoms with Gasteiger partial charge in [-0.25, -0.2) is 22.9 Å². The number of amides is 2. The van der Waals surface area contributed by atoms with Gasteiger partial charge in [0.25, 0.3) is 5.91 Å². The number of nitrogens with two attached hydrogens (primary N) is 2. The van der Waals surface area contributed by atoms with E-state index in [0.717, 1.165) is 6.07 Å². The van der Waals surface area contributed by atoms with Crippen LogP contribution in [-0.2, 0) is 4.74 Å². The molecule has 2 amide bonds. The minimum absolute atomic E-state index is 0.0577. The van der Waals surface area contributed by atoms with Gasteiger partial charge in [-0.05, 0) is 51.0 Å². The van der Waals surface area contributed by atoms with Crippen molar-refractivity contribution in [3.63, 3.8) is 0 Å². The molecule has 2 aromatic rings. The molecule has 178 valence electrons. The van der Waals surface area contributed by atoms with Crippen LogP contribution >= 0.6 is 0 Å². The Bertz CT molecular complexity index is 1070. The Balaban J connectivity index is 1.93. The van der Waals surface area contributed by atoms with Crippen molar-refractivity contribution in [1.29, 1.82) is 0 Å². The van der Waals surface area contributed by atoms with E-state index in [2.05, 4.69) is 10.3 Å². The molecule has 1 aromatic heterocycles. The van der Waals surface area contributed by atoms with Crippen molar-refractivity contribution < 1.29 is 27.5 Å². The summed E-state index contributed by atoms with van der Waals surface area (Å²) < 4.78 is 47.2. The molecule has 1 fully saturated rings. The SMILES string of the molecule is CC(C)(C)OC(=O)N[C@H]1CN(c2ccc(N)c(C(N)=O)n2)CC[C@@H]1c1cc(F)c(F)cc1F. The predicted molar refractivity (Wildman–Crippen MR) is 116 cm³/mol. The maximum Gasteiger partial charge on any atom is 0.407 e. The molecule has 2 heterocycles. The third-order valence-electron chi connectivity index (χ3n) is 5.22. The normalized spacial score (nSPS) is 18.7. The van der Waals surface area contributed by atoms with Gasteiger partial charge in [0.05, 0.1) is 11.7 Å². The lowest BCUT2D eigenvalue weighted by molar-refractivity contribution is 0.0492. The number of hydrogen-bond acceptors (Lipinski definition) is 6. The number of piperidine rings is 1. The van der Waals surface area contributed by atoms with Gasteiger partial charge in [-0.1, -0.05) is 0 Å². The van der Waals surface area contributed by atoms with E-state index in [1.165, 1.54) is 6.07 Å². The summed E-state index contributed by atoms with van der Waals surface area (Å²) in [5, 5.41) is 2.70. The molecule has 1 aliphatic rings. The van der Waals surface area contributed by atoms with Crippen molar-refractivity contribution in [3.05, 3.63) is 53.0 Å². The largest absolute Gasteiger partial charge is 0.444 e. The maximum atomic E-state index is 14.6. The quantitative estimate of drug-likeness (QED) is 0.597. The third-order valence-corrected chi connectivity index (χ3v) is 5.22. The van der Waals surface area contributed by atoms with Crippen LogP contribution in [0.15, 0.2) is 24.3 Å². The van der Waals surface area contributed by atoms with Gasteiger partial charge in [0.2, 0.25) is 0 Å². The molecule has 8 nitrogen and oxygen atoms in total. The van der Waals surface area contributed by atoms with Crippen molar-refractivity contribution in [1.82, 2.24) is 10.3 Å². The summed E-state index contributed by atoms with van der Waals surface area (Å²) in [7, 11) is 0. The molecular weight excluding hydrogens is 439 g/mol. The first-order valence-electron chi connectivity index (χ1n) is 10.3. The monoisotopic (exact) mass is 465 g/mol. The molecule has 0 saturated carbocycles. The molecule has 0 spiro atoms. The van der Waals surface area contributed by atoms with Crippen LogP contribution in [0.25, 0.3) is 0 Å². The number of nitrogen functional groups attached to an aromatic ring is 1. The summed E-state index contributed by atoms with van der Waals surface area (Å²) >= 11 is 0. The van der Waals surface area contributed by atoms with Crippen molar-refractivity contribution in [2.75, 3.05) is 23.7 Å². The van der Waals surface area contributed by atoms with Crippen molar-refractivity contribution >= 4 is 23.5 Å². The van der Waals surface area contributed by atoms with Gasteiger partial charge in [0, 0.05) is 25.1 Å². The Hall–Kier alpha value is -3.50. The number of halogens is 3. The van der Waals surface area contributed by atoms with Gasteiger partial charge in [-0.15, -0.1) is 0 Å². The van der Waals surface area contributed by atoms with Crippen molar-refractivity contribution in [3.8, 4) is 0 Å². The highest BCUT2D eigenvalue weighted by Gasteiger charge is 2.35. The number of alkyl carbamates (subject to hydrolysis) is 1. The second-order valence-corrected chi connectivity index (χ2v) is 8.85. The number of carbonyl (C=O) groups excluding carboxylic acids is 2. The molecular formula is C22H26F3N5O3. The third kappa shape index (κ3) is 5.65. The molecule has 11 heteroatoms. The molecule has 2 atom stereocenters. The van der Waals surface area contributed by atoms with Crippen LogP contribution < -0.4 is 21.7 Å². The van der Waals surface area contributed by atoms with Gasteiger partial charge in [0.15, 0.2) is 17.3 Å². The summed E-state index contributed by atoms with van der Waals surface area (Å²) in [5.41, 5.74) is 10.3. The molecule has 0 radical (unpaired) electrons. The summed E-state index contributed by atoms with van der Waals surface area (Å²) in [5.74, 6) is -4.49. The van der Waals surface area contributed by atoms with Crippen LogP contribution in [0.4, 0.5) is 29.5 Å². The lowest BCUT2D eigenvalue weighted by Crippen LogP contribution is -2.53.